The maximum atomic E-state index is 12.5. The molecule has 1 aliphatic carbocycles. The maximum absolute atomic E-state index is 12.5. The van der Waals surface area contributed by atoms with E-state index in [1.54, 1.807) is 18.2 Å². The zero-order valence-corrected chi connectivity index (χ0v) is 13.8. The molecule has 0 heterocycles. The fraction of sp³-hybridized carbons (Fsp3) is 0.316. The van der Waals surface area contributed by atoms with E-state index in [-0.39, 0.29) is 12.5 Å². The zero-order chi connectivity index (χ0) is 17.2. The van der Waals surface area contributed by atoms with E-state index in [1.807, 2.05) is 24.3 Å². The number of hydrogen-bond acceptors (Lipinski definition) is 4. The number of aliphatic hydroxyl groups is 1. The van der Waals surface area contributed by atoms with E-state index in [4.69, 9.17) is 9.47 Å². The van der Waals surface area contributed by atoms with Crippen molar-refractivity contribution in [1.29, 1.82) is 0 Å². The predicted molar refractivity (Wildman–Crippen MR) is 90.5 cm³/mol. The quantitative estimate of drug-likeness (QED) is 0.884. The highest BCUT2D eigenvalue weighted by Gasteiger charge is 2.36. The van der Waals surface area contributed by atoms with Gasteiger partial charge in [0, 0.05) is 11.6 Å². The van der Waals surface area contributed by atoms with Gasteiger partial charge in [0.1, 0.15) is 17.1 Å². The number of amides is 1. The number of methoxy groups -OCH3 is 2. The summed E-state index contributed by atoms with van der Waals surface area (Å²) in [6, 6.07) is 12.8. The van der Waals surface area contributed by atoms with Crippen molar-refractivity contribution >= 4 is 5.91 Å². The molecule has 126 valence electrons. The molecule has 0 aromatic heterocycles. The molecule has 2 aromatic rings. The van der Waals surface area contributed by atoms with Crippen molar-refractivity contribution in [2.24, 2.45) is 0 Å². The molecule has 24 heavy (non-hydrogen) atoms. The van der Waals surface area contributed by atoms with E-state index in [0.717, 1.165) is 17.5 Å². The number of ether oxygens (including phenoxy) is 2. The van der Waals surface area contributed by atoms with Crippen LogP contribution in [0.3, 0.4) is 0 Å². The molecule has 5 heteroatoms. The topological polar surface area (TPSA) is 67.8 Å². The first-order chi connectivity index (χ1) is 11.6. The van der Waals surface area contributed by atoms with Crippen molar-refractivity contribution < 1.29 is 19.4 Å². The van der Waals surface area contributed by atoms with Gasteiger partial charge in [-0.25, -0.2) is 0 Å². The lowest BCUT2D eigenvalue weighted by molar-refractivity contribution is 0.0369. The Labute approximate surface area is 141 Å². The maximum Gasteiger partial charge on any atom is 0.251 e. The Hall–Kier alpha value is -2.53. The summed E-state index contributed by atoms with van der Waals surface area (Å²) in [6.07, 6.45) is 1.42. The monoisotopic (exact) mass is 327 g/mol. The van der Waals surface area contributed by atoms with Crippen LogP contribution in [0.15, 0.2) is 42.5 Å². The lowest BCUT2D eigenvalue weighted by atomic mass is 9.96. The molecular formula is C19H21NO4. The van der Waals surface area contributed by atoms with Crippen LogP contribution in [-0.2, 0) is 12.0 Å². The number of rotatable bonds is 5. The first-order valence-electron chi connectivity index (χ1n) is 7.88. The van der Waals surface area contributed by atoms with E-state index in [1.165, 1.54) is 14.2 Å². The van der Waals surface area contributed by atoms with Crippen molar-refractivity contribution in [1.82, 2.24) is 5.32 Å². The van der Waals surface area contributed by atoms with Gasteiger partial charge in [-0.2, -0.15) is 0 Å². The van der Waals surface area contributed by atoms with E-state index in [9.17, 15) is 9.90 Å². The van der Waals surface area contributed by atoms with E-state index in [2.05, 4.69) is 5.32 Å². The van der Waals surface area contributed by atoms with Crippen molar-refractivity contribution in [2.75, 3.05) is 20.8 Å². The second kappa shape index (κ2) is 6.53. The van der Waals surface area contributed by atoms with Crippen molar-refractivity contribution in [3.63, 3.8) is 0 Å². The minimum Gasteiger partial charge on any atom is -0.497 e. The Kier molecular flexibility index (Phi) is 4.44. The smallest absolute Gasteiger partial charge is 0.251 e. The molecule has 5 nitrogen and oxygen atoms in total. The molecule has 1 atom stereocenters. The van der Waals surface area contributed by atoms with Gasteiger partial charge in [0.15, 0.2) is 0 Å². The number of carbonyl (C=O) groups excluding carboxylic acids is 1. The fourth-order valence-corrected chi connectivity index (χ4v) is 3.12. The minimum absolute atomic E-state index is 0.169. The molecule has 3 rings (SSSR count). The zero-order valence-electron chi connectivity index (χ0n) is 13.8. The van der Waals surface area contributed by atoms with Gasteiger partial charge in [0.25, 0.3) is 5.91 Å². The molecule has 0 radical (unpaired) electrons. The number of aryl methyl sites for hydroxylation is 1. The standard InChI is InChI=1S/C19H21NO4/c1-23-15-9-14(10-16(11-15)24-2)18(21)20-12-19(22)8-7-13-5-3-4-6-17(13)19/h3-6,9-11,22H,7-8,12H2,1-2H3,(H,20,21)/t19-/m1/s1. The third-order valence-corrected chi connectivity index (χ3v) is 4.48. The third kappa shape index (κ3) is 3.08. The number of fused-ring (bicyclic) bond motifs is 1. The van der Waals surface area contributed by atoms with Crippen LogP contribution in [0.5, 0.6) is 11.5 Å². The van der Waals surface area contributed by atoms with Crippen LogP contribution in [-0.4, -0.2) is 31.8 Å². The van der Waals surface area contributed by atoms with Gasteiger partial charge in [-0.05, 0) is 36.1 Å². The van der Waals surface area contributed by atoms with Gasteiger partial charge in [-0.15, -0.1) is 0 Å². The molecule has 2 aromatic carbocycles. The SMILES string of the molecule is COc1cc(OC)cc(C(=O)NC[C@]2(O)CCc3ccccc32)c1. The highest BCUT2D eigenvalue weighted by Crippen LogP contribution is 2.36. The van der Waals surface area contributed by atoms with Crippen LogP contribution in [0.25, 0.3) is 0 Å². The van der Waals surface area contributed by atoms with Gasteiger partial charge in [-0.1, -0.05) is 24.3 Å². The molecule has 0 bridgehead atoms. The van der Waals surface area contributed by atoms with Gasteiger partial charge >= 0.3 is 0 Å². The second-order valence-corrected chi connectivity index (χ2v) is 5.97. The molecule has 1 aliphatic rings. The molecule has 2 N–H and O–H groups in total. The Balaban J connectivity index is 1.75. The largest absolute Gasteiger partial charge is 0.497 e. The lowest BCUT2D eigenvalue weighted by Crippen LogP contribution is -2.39. The third-order valence-electron chi connectivity index (χ3n) is 4.48. The van der Waals surface area contributed by atoms with Gasteiger partial charge in [0.2, 0.25) is 0 Å². The molecule has 0 saturated heterocycles. The van der Waals surface area contributed by atoms with Crippen LogP contribution in [0, 0.1) is 0 Å². The summed E-state index contributed by atoms with van der Waals surface area (Å²) in [4.78, 5) is 12.5. The molecule has 0 aliphatic heterocycles. The number of benzene rings is 2. The Morgan fingerprint density at radius 1 is 1.17 bits per heavy atom. The van der Waals surface area contributed by atoms with E-state index < -0.39 is 5.60 Å². The highest BCUT2D eigenvalue weighted by molar-refractivity contribution is 5.95. The van der Waals surface area contributed by atoms with Gasteiger partial charge < -0.3 is 19.9 Å². The van der Waals surface area contributed by atoms with Crippen LogP contribution < -0.4 is 14.8 Å². The van der Waals surface area contributed by atoms with Crippen LogP contribution in [0.2, 0.25) is 0 Å². The van der Waals surface area contributed by atoms with Gasteiger partial charge in [0.05, 0.1) is 20.8 Å². The average molecular weight is 327 g/mol. The van der Waals surface area contributed by atoms with Crippen molar-refractivity contribution in [3.8, 4) is 11.5 Å². The summed E-state index contributed by atoms with van der Waals surface area (Å²) in [7, 11) is 3.07. The molecule has 0 spiro atoms. The summed E-state index contributed by atoms with van der Waals surface area (Å²) in [5.74, 6) is 0.818. The average Bonchev–Trinajstić information content (AvgIpc) is 2.97. The van der Waals surface area contributed by atoms with Crippen LogP contribution >= 0.6 is 0 Å². The van der Waals surface area contributed by atoms with E-state index >= 15 is 0 Å². The Morgan fingerprint density at radius 3 is 2.50 bits per heavy atom. The number of carbonyl (C=O) groups is 1. The van der Waals surface area contributed by atoms with Crippen molar-refractivity contribution in [3.05, 3.63) is 59.2 Å². The molecular weight excluding hydrogens is 306 g/mol. The first-order valence-corrected chi connectivity index (χ1v) is 7.88. The summed E-state index contributed by atoms with van der Waals surface area (Å²) in [5, 5.41) is 13.7. The fourth-order valence-electron chi connectivity index (χ4n) is 3.12. The van der Waals surface area contributed by atoms with Crippen molar-refractivity contribution in [2.45, 2.75) is 18.4 Å². The number of nitrogens with one attached hydrogen (secondary N) is 1. The van der Waals surface area contributed by atoms with E-state index in [0.29, 0.717) is 23.5 Å². The summed E-state index contributed by atoms with van der Waals surface area (Å²) in [6.45, 7) is 0.169. The molecule has 0 unspecified atom stereocenters. The molecule has 1 amide bonds. The first kappa shape index (κ1) is 16.3. The van der Waals surface area contributed by atoms with Crippen LogP contribution in [0.4, 0.5) is 0 Å². The molecule has 0 saturated carbocycles. The normalized spacial score (nSPS) is 18.8. The second-order valence-electron chi connectivity index (χ2n) is 5.97. The lowest BCUT2D eigenvalue weighted by Gasteiger charge is -2.24. The summed E-state index contributed by atoms with van der Waals surface area (Å²) >= 11 is 0. The molecule has 0 fully saturated rings. The Bertz CT molecular complexity index is 737. The predicted octanol–water partition coefficient (Wildman–Crippen LogP) is 2.27. The number of hydrogen-bond donors (Lipinski definition) is 2. The summed E-state index contributed by atoms with van der Waals surface area (Å²) < 4.78 is 10.4. The van der Waals surface area contributed by atoms with Crippen LogP contribution in [0.1, 0.15) is 27.9 Å². The highest BCUT2D eigenvalue weighted by atomic mass is 16.5. The Morgan fingerprint density at radius 2 is 1.83 bits per heavy atom. The summed E-state index contributed by atoms with van der Waals surface area (Å²) in [5.41, 5.74) is 1.45. The van der Waals surface area contributed by atoms with Gasteiger partial charge in [-0.3, -0.25) is 4.79 Å². The minimum atomic E-state index is -1.02.